The molecule has 1 aromatic carbocycles. The maximum Gasteiger partial charge on any atom is 0.145 e. The Balaban J connectivity index is 2.10. The van der Waals surface area contributed by atoms with Crippen LogP contribution in [0.2, 0.25) is 0 Å². The molecule has 21 heavy (non-hydrogen) atoms. The lowest BCUT2D eigenvalue weighted by Gasteiger charge is -2.15. The number of rotatable bonds is 6. The number of benzene rings is 1. The molecule has 0 bridgehead atoms. The lowest BCUT2D eigenvalue weighted by atomic mass is 10.1. The van der Waals surface area contributed by atoms with Crippen molar-refractivity contribution in [3.8, 4) is 11.5 Å². The van der Waals surface area contributed by atoms with Crippen LogP contribution in [0.1, 0.15) is 37.6 Å². The zero-order valence-electron chi connectivity index (χ0n) is 12.7. The first-order valence-electron chi connectivity index (χ1n) is 7.23. The van der Waals surface area contributed by atoms with Crippen LogP contribution in [-0.2, 0) is 0 Å². The lowest BCUT2D eigenvalue weighted by molar-refractivity contribution is 0.476. The van der Waals surface area contributed by atoms with E-state index >= 15 is 0 Å². The molecular weight excluding hydrogens is 328 g/mol. The minimum Gasteiger partial charge on any atom is -0.455 e. The van der Waals surface area contributed by atoms with Gasteiger partial charge in [-0.3, -0.25) is 4.98 Å². The van der Waals surface area contributed by atoms with E-state index < -0.39 is 0 Å². The molecule has 3 nitrogen and oxygen atoms in total. The Bertz CT molecular complexity index is 584. The lowest BCUT2D eigenvalue weighted by Crippen LogP contribution is -2.19. The molecule has 0 aliphatic rings. The van der Waals surface area contributed by atoms with Crippen molar-refractivity contribution in [2.75, 3.05) is 6.54 Å². The number of pyridine rings is 1. The maximum absolute atomic E-state index is 5.85. The molecule has 4 heteroatoms. The van der Waals surface area contributed by atoms with Gasteiger partial charge in [0.15, 0.2) is 0 Å². The number of hydrogen-bond donors (Lipinski definition) is 1. The van der Waals surface area contributed by atoms with E-state index in [1.807, 2.05) is 25.1 Å². The highest BCUT2D eigenvalue weighted by Crippen LogP contribution is 2.31. The van der Waals surface area contributed by atoms with E-state index in [1.54, 1.807) is 6.20 Å². The van der Waals surface area contributed by atoms with Crippen LogP contribution in [0, 0.1) is 6.92 Å². The number of halogens is 1. The van der Waals surface area contributed by atoms with E-state index in [1.165, 1.54) is 5.56 Å². The molecule has 1 unspecified atom stereocenters. The molecule has 0 fully saturated rings. The molecule has 1 aromatic heterocycles. The highest BCUT2D eigenvalue weighted by Gasteiger charge is 2.09. The van der Waals surface area contributed by atoms with Gasteiger partial charge < -0.3 is 10.1 Å². The fourth-order valence-corrected chi connectivity index (χ4v) is 2.47. The molecular formula is C17H21BrN2O. The second-order valence-corrected chi connectivity index (χ2v) is 5.96. The molecule has 2 rings (SSSR count). The second-order valence-electron chi connectivity index (χ2n) is 5.10. The number of ether oxygens (including phenoxy) is 1. The fourth-order valence-electron chi connectivity index (χ4n) is 1.99. The Hall–Kier alpha value is -1.39. The topological polar surface area (TPSA) is 34.1 Å². The van der Waals surface area contributed by atoms with Crippen molar-refractivity contribution in [2.45, 2.75) is 33.2 Å². The summed E-state index contributed by atoms with van der Waals surface area (Å²) < 4.78 is 6.80. The summed E-state index contributed by atoms with van der Waals surface area (Å²) in [7, 11) is 0. The van der Waals surface area contributed by atoms with Crippen LogP contribution in [0.5, 0.6) is 11.5 Å². The molecule has 0 saturated heterocycles. The molecule has 0 aliphatic carbocycles. The van der Waals surface area contributed by atoms with E-state index in [-0.39, 0.29) is 0 Å². The summed E-state index contributed by atoms with van der Waals surface area (Å²) in [5.74, 6) is 1.54. The van der Waals surface area contributed by atoms with Gasteiger partial charge in [-0.25, -0.2) is 0 Å². The third kappa shape index (κ3) is 4.55. The Labute approximate surface area is 134 Å². The Kier molecular flexibility index (Phi) is 5.76. The van der Waals surface area contributed by atoms with E-state index in [2.05, 4.69) is 52.2 Å². The minimum atomic E-state index is 0.330. The highest BCUT2D eigenvalue weighted by atomic mass is 79.9. The third-order valence-corrected chi connectivity index (χ3v) is 3.89. The van der Waals surface area contributed by atoms with Crippen molar-refractivity contribution in [2.24, 2.45) is 0 Å². The average molecular weight is 349 g/mol. The summed E-state index contributed by atoms with van der Waals surface area (Å²) >= 11 is 3.58. The van der Waals surface area contributed by atoms with Gasteiger partial charge in [0, 0.05) is 11.7 Å². The van der Waals surface area contributed by atoms with Crippen molar-refractivity contribution in [1.82, 2.24) is 10.3 Å². The third-order valence-electron chi connectivity index (χ3n) is 3.27. The SMILES string of the molecule is CCCNC(C)c1ccc(Oc2ccc(C)nc2)c(Br)c1. The fraction of sp³-hybridized carbons (Fsp3) is 0.353. The predicted octanol–water partition coefficient (Wildman–Crippen LogP) is 5.01. The van der Waals surface area contributed by atoms with Gasteiger partial charge in [0.05, 0.1) is 10.7 Å². The standard InChI is InChI=1S/C17H21BrN2O/c1-4-9-19-13(3)14-6-8-17(16(18)10-14)21-15-7-5-12(2)20-11-15/h5-8,10-11,13,19H,4,9H2,1-3H3. The average Bonchev–Trinajstić information content (AvgIpc) is 2.49. The van der Waals surface area contributed by atoms with Gasteiger partial charge >= 0.3 is 0 Å². The summed E-state index contributed by atoms with van der Waals surface area (Å²) in [6.07, 6.45) is 2.87. The Morgan fingerprint density at radius 3 is 2.71 bits per heavy atom. The van der Waals surface area contributed by atoms with Gasteiger partial charge in [-0.2, -0.15) is 0 Å². The first-order chi connectivity index (χ1) is 10.1. The van der Waals surface area contributed by atoms with Crippen LogP contribution >= 0.6 is 15.9 Å². The maximum atomic E-state index is 5.85. The van der Waals surface area contributed by atoms with Crippen LogP contribution in [0.4, 0.5) is 0 Å². The van der Waals surface area contributed by atoms with Crippen LogP contribution in [-0.4, -0.2) is 11.5 Å². The molecule has 1 N–H and O–H groups in total. The van der Waals surface area contributed by atoms with Gasteiger partial charge in [0.1, 0.15) is 11.5 Å². The number of aromatic nitrogens is 1. The van der Waals surface area contributed by atoms with Gasteiger partial charge in [-0.05, 0) is 72.6 Å². The largest absolute Gasteiger partial charge is 0.455 e. The normalized spacial score (nSPS) is 12.2. The Morgan fingerprint density at radius 1 is 1.29 bits per heavy atom. The summed E-state index contributed by atoms with van der Waals surface area (Å²) in [6.45, 7) is 7.31. The molecule has 0 amide bonds. The predicted molar refractivity (Wildman–Crippen MR) is 89.9 cm³/mol. The quantitative estimate of drug-likeness (QED) is 0.796. The van der Waals surface area contributed by atoms with Crippen LogP contribution in [0.15, 0.2) is 41.0 Å². The van der Waals surface area contributed by atoms with Crippen LogP contribution in [0.25, 0.3) is 0 Å². The molecule has 0 radical (unpaired) electrons. The zero-order chi connectivity index (χ0) is 15.2. The van der Waals surface area contributed by atoms with Crippen molar-refractivity contribution >= 4 is 15.9 Å². The van der Waals surface area contributed by atoms with Gasteiger partial charge in [0.2, 0.25) is 0 Å². The number of nitrogens with zero attached hydrogens (tertiary/aromatic N) is 1. The van der Waals surface area contributed by atoms with E-state index in [9.17, 15) is 0 Å². The molecule has 0 saturated carbocycles. The first-order valence-corrected chi connectivity index (χ1v) is 8.02. The molecule has 1 heterocycles. The smallest absolute Gasteiger partial charge is 0.145 e. The van der Waals surface area contributed by atoms with Crippen LogP contribution < -0.4 is 10.1 Å². The van der Waals surface area contributed by atoms with Gasteiger partial charge in [-0.15, -0.1) is 0 Å². The molecule has 0 aliphatic heterocycles. The zero-order valence-corrected chi connectivity index (χ0v) is 14.3. The van der Waals surface area contributed by atoms with E-state index in [4.69, 9.17) is 4.74 Å². The van der Waals surface area contributed by atoms with Gasteiger partial charge in [-0.1, -0.05) is 13.0 Å². The summed E-state index contributed by atoms with van der Waals surface area (Å²) in [4.78, 5) is 4.23. The summed E-state index contributed by atoms with van der Waals surface area (Å²) in [5.41, 5.74) is 2.22. The first kappa shape index (κ1) is 16.0. The second kappa shape index (κ2) is 7.57. The Morgan fingerprint density at radius 2 is 2.10 bits per heavy atom. The molecule has 2 aromatic rings. The highest BCUT2D eigenvalue weighted by molar-refractivity contribution is 9.10. The molecule has 1 atom stereocenters. The van der Waals surface area contributed by atoms with Crippen molar-refractivity contribution in [3.63, 3.8) is 0 Å². The number of hydrogen-bond acceptors (Lipinski definition) is 3. The van der Waals surface area contributed by atoms with Gasteiger partial charge in [0.25, 0.3) is 0 Å². The number of aryl methyl sites for hydroxylation is 1. The van der Waals surface area contributed by atoms with Crippen molar-refractivity contribution in [3.05, 3.63) is 52.3 Å². The molecule has 112 valence electrons. The van der Waals surface area contributed by atoms with E-state index in [0.29, 0.717) is 6.04 Å². The van der Waals surface area contributed by atoms with Crippen LogP contribution in [0.3, 0.4) is 0 Å². The number of nitrogens with one attached hydrogen (secondary N) is 1. The summed E-state index contributed by atoms with van der Waals surface area (Å²) in [5, 5.41) is 3.48. The minimum absolute atomic E-state index is 0.330. The van der Waals surface area contributed by atoms with Crippen molar-refractivity contribution < 1.29 is 4.74 Å². The molecule has 0 spiro atoms. The summed E-state index contributed by atoms with van der Waals surface area (Å²) in [6, 6.07) is 10.4. The van der Waals surface area contributed by atoms with E-state index in [0.717, 1.165) is 34.6 Å². The van der Waals surface area contributed by atoms with Crippen molar-refractivity contribution in [1.29, 1.82) is 0 Å². The monoisotopic (exact) mass is 348 g/mol.